The summed E-state index contributed by atoms with van der Waals surface area (Å²) in [6, 6.07) is 17.9. The number of hydrogen-bond donors (Lipinski definition) is 0. The molecule has 0 fully saturated rings. The summed E-state index contributed by atoms with van der Waals surface area (Å²) >= 11 is 0. The summed E-state index contributed by atoms with van der Waals surface area (Å²) in [7, 11) is 0. The highest BCUT2D eigenvalue weighted by molar-refractivity contribution is 5.59. The quantitative estimate of drug-likeness (QED) is 0.0744. The monoisotopic (exact) mass is 744 g/mol. The van der Waals surface area contributed by atoms with E-state index < -0.39 is 0 Å². The normalized spacial score (nSPS) is 11.7. The summed E-state index contributed by atoms with van der Waals surface area (Å²) in [5.41, 5.74) is 13.0. The molecule has 1 aliphatic rings. The maximum Gasteiger partial charge on any atom is 0.126 e. The maximum absolute atomic E-state index is 6.64. The Labute approximate surface area is 335 Å². The number of fused-ring (bicyclic) bond motifs is 8. The minimum absolute atomic E-state index is 0.360. The highest BCUT2D eigenvalue weighted by Crippen LogP contribution is 2.41. The Balaban J connectivity index is 1.94. The second-order valence-electron chi connectivity index (χ2n) is 14.0. The zero-order chi connectivity index (χ0) is 39.9. The summed E-state index contributed by atoms with van der Waals surface area (Å²) in [4.78, 5) is 0. The molecule has 0 spiro atoms. The van der Waals surface area contributed by atoms with E-state index in [-0.39, 0.29) is 0 Å². The van der Waals surface area contributed by atoms with Crippen LogP contribution >= 0.6 is 0 Å². The Morgan fingerprint density at radius 1 is 0.304 bits per heavy atom. The molecular formula is C52H56O4. The van der Waals surface area contributed by atoms with Crippen molar-refractivity contribution in [3.63, 3.8) is 0 Å². The van der Waals surface area contributed by atoms with Crippen LogP contribution in [-0.4, -0.2) is 26.4 Å². The first-order valence-corrected chi connectivity index (χ1v) is 19.4. The van der Waals surface area contributed by atoms with Crippen LogP contribution in [0.5, 0.6) is 23.0 Å². The number of rotatable bonds is 20. The van der Waals surface area contributed by atoms with Crippen LogP contribution in [0.4, 0.5) is 0 Å². The minimum Gasteiger partial charge on any atom is -0.489 e. The van der Waals surface area contributed by atoms with Crippen molar-refractivity contribution in [3.05, 3.63) is 217 Å². The van der Waals surface area contributed by atoms with E-state index in [0.717, 1.165) is 89.8 Å². The summed E-state index contributed by atoms with van der Waals surface area (Å²) in [5, 5.41) is 0. The average Bonchev–Trinajstić information content (AvgIpc) is 3.17. The maximum atomic E-state index is 6.64. The molecule has 56 heavy (non-hydrogen) atoms. The van der Waals surface area contributed by atoms with Crippen molar-refractivity contribution in [2.75, 3.05) is 26.4 Å². The molecule has 1 aliphatic carbocycles. The van der Waals surface area contributed by atoms with Crippen LogP contribution in [0.15, 0.2) is 150 Å². The highest BCUT2D eigenvalue weighted by Gasteiger charge is 2.24. The van der Waals surface area contributed by atoms with Gasteiger partial charge in [-0.3, -0.25) is 0 Å². The summed E-state index contributed by atoms with van der Waals surface area (Å²) in [6.45, 7) is 33.8. The fourth-order valence-corrected chi connectivity index (χ4v) is 7.63. The molecule has 0 aromatic heterocycles. The molecule has 0 saturated carbocycles. The lowest BCUT2D eigenvalue weighted by Crippen LogP contribution is -2.11. The number of ether oxygens (including phenoxy) is 4. The smallest absolute Gasteiger partial charge is 0.126 e. The molecule has 0 amide bonds. The van der Waals surface area contributed by atoms with E-state index in [2.05, 4.69) is 101 Å². The average molecular weight is 745 g/mol. The van der Waals surface area contributed by atoms with E-state index in [4.69, 9.17) is 18.9 Å². The van der Waals surface area contributed by atoms with Crippen molar-refractivity contribution in [1.82, 2.24) is 0 Å². The van der Waals surface area contributed by atoms with E-state index in [1.807, 2.05) is 24.3 Å². The highest BCUT2D eigenvalue weighted by atomic mass is 16.5. The topological polar surface area (TPSA) is 36.9 Å². The molecule has 288 valence electrons. The van der Waals surface area contributed by atoms with Gasteiger partial charge in [0.1, 0.15) is 49.4 Å². The van der Waals surface area contributed by atoms with Gasteiger partial charge in [-0.2, -0.15) is 0 Å². The van der Waals surface area contributed by atoms with Gasteiger partial charge in [-0.1, -0.05) is 123 Å². The van der Waals surface area contributed by atoms with Gasteiger partial charge in [0.15, 0.2) is 0 Å². The van der Waals surface area contributed by atoms with Crippen molar-refractivity contribution in [1.29, 1.82) is 0 Å². The molecule has 0 N–H and O–H groups in total. The minimum atomic E-state index is 0.360. The van der Waals surface area contributed by atoms with Crippen LogP contribution in [0, 0.1) is 0 Å². The molecule has 5 rings (SSSR count). The molecule has 0 aliphatic heterocycles. The molecule has 4 nitrogen and oxygen atoms in total. The number of benzene rings is 4. The Morgan fingerprint density at radius 3 is 0.625 bits per heavy atom. The first-order valence-electron chi connectivity index (χ1n) is 19.4. The van der Waals surface area contributed by atoms with Gasteiger partial charge in [-0.15, -0.1) is 26.3 Å². The summed E-state index contributed by atoms with van der Waals surface area (Å²) < 4.78 is 26.6. The molecular weight excluding hydrogens is 689 g/mol. The van der Waals surface area contributed by atoms with Gasteiger partial charge in [-0.05, 0) is 92.4 Å². The van der Waals surface area contributed by atoms with Gasteiger partial charge >= 0.3 is 0 Å². The van der Waals surface area contributed by atoms with Crippen LogP contribution < -0.4 is 18.9 Å². The summed E-state index contributed by atoms with van der Waals surface area (Å²) in [5.74, 6) is 3.33. The molecule has 0 saturated heterocycles. The van der Waals surface area contributed by atoms with Crippen LogP contribution in [0.1, 0.15) is 66.8 Å². The lowest BCUT2D eigenvalue weighted by molar-refractivity contribution is 0.347. The second-order valence-corrected chi connectivity index (χ2v) is 14.0. The van der Waals surface area contributed by atoms with E-state index in [9.17, 15) is 0 Å². The zero-order valence-corrected chi connectivity index (χ0v) is 33.0. The van der Waals surface area contributed by atoms with Crippen LogP contribution in [0.25, 0.3) is 0 Å². The fourth-order valence-electron chi connectivity index (χ4n) is 7.63. The van der Waals surface area contributed by atoms with E-state index in [1.54, 1.807) is 24.3 Å². The molecule has 4 heteroatoms. The molecule has 0 atom stereocenters. The Kier molecular flexibility index (Phi) is 15.2. The predicted molar refractivity (Wildman–Crippen MR) is 235 cm³/mol. The third kappa shape index (κ3) is 10.2. The third-order valence-corrected chi connectivity index (χ3v) is 9.64. The Morgan fingerprint density at radius 2 is 0.482 bits per heavy atom. The van der Waals surface area contributed by atoms with E-state index >= 15 is 0 Å². The predicted octanol–water partition coefficient (Wildman–Crippen LogP) is 11.5. The van der Waals surface area contributed by atoms with Gasteiger partial charge in [0.2, 0.25) is 0 Å². The number of hydrogen-bond acceptors (Lipinski definition) is 4. The SMILES string of the molecule is C=CCOc1c2cc(CC=C)cc1Cc1cc(CC=C)cc(c1OCC=C)Cc1cc(CC=C)cc(c1OCC=C)Cc1cc(CC=C)cc(c1OCC=C)C2. The van der Waals surface area contributed by atoms with Crippen LogP contribution in [0.2, 0.25) is 0 Å². The van der Waals surface area contributed by atoms with Gasteiger partial charge in [0, 0.05) is 25.7 Å². The second kappa shape index (κ2) is 20.6. The lowest BCUT2D eigenvalue weighted by Gasteiger charge is -2.24. The van der Waals surface area contributed by atoms with Crippen molar-refractivity contribution >= 4 is 0 Å². The van der Waals surface area contributed by atoms with Crippen molar-refractivity contribution < 1.29 is 18.9 Å². The lowest BCUT2D eigenvalue weighted by atomic mass is 9.87. The van der Waals surface area contributed by atoms with Crippen LogP contribution in [-0.2, 0) is 51.4 Å². The summed E-state index contributed by atoms with van der Waals surface area (Å²) in [6.07, 6.45) is 20.1. The van der Waals surface area contributed by atoms with E-state index in [0.29, 0.717) is 77.8 Å². The first-order chi connectivity index (χ1) is 27.4. The molecule has 0 unspecified atom stereocenters. The van der Waals surface area contributed by atoms with Crippen molar-refractivity contribution in [2.24, 2.45) is 0 Å². The van der Waals surface area contributed by atoms with Crippen LogP contribution in [0.3, 0.4) is 0 Å². The molecule has 8 bridgehead atoms. The molecule has 4 aromatic carbocycles. The Bertz CT molecular complexity index is 1720. The Hall–Kier alpha value is -6.00. The van der Waals surface area contributed by atoms with Gasteiger partial charge in [0.25, 0.3) is 0 Å². The zero-order valence-electron chi connectivity index (χ0n) is 33.0. The third-order valence-electron chi connectivity index (χ3n) is 9.64. The largest absolute Gasteiger partial charge is 0.489 e. The molecule has 4 aromatic rings. The van der Waals surface area contributed by atoms with Gasteiger partial charge in [-0.25, -0.2) is 0 Å². The van der Waals surface area contributed by atoms with Gasteiger partial charge < -0.3 is 18.9 Å². The standard InChI is InChI=1S/C52H56O4/c1-9-17-37-25-41-33-43-27-38(18-10-2)29-45(50(43)54-22-14-6)35-47-31-40(20-12-4)32-48(52(47)56-24-16-8)36-46-30-39(19-11-3)28-44(51(46)55-23-15-7)34-42(26-37)49(41)53-21-13-5/h9-16,25-32H,1-8,17-24,33-36H2. The van der Waals surface area contributed by atoms with Gasteiger partial charge in [0.05, 0.1) is 0 Å². The molecule has 0 heterocycles. The molecule has 0 radical (unpaired) electrons. The first kappa shape index (κ1) is 41.2. The van der Waals surface area contributed by atoms with E-state index in [1.165, 1.54) is 0 Å². The number of allylic oxidation sites excluding steroid dienone is 4. The van der Waals surface area contributed by atoms with Crippen molar-refractivity contribution in [2.45, 2.75) is 51.4 Å². The fraction of sp³-hybridized carbons (Fsp3) is 0.231. The van der Waals surface area contributed by atoms with Crippen molar-refractivity contribution in [3.8, 4) is 23.0 Å².